The lowest BCUT2D eigenvalue weighted by molar-refractivity contribution is 0.0948. The van der Waals surface area contributed by atoms with E-state index in [1.807, 2.05) is 13.8 Å². The molecule has 4 rings (SSSR count). The molecule has 150 valence electrons. The number of hydrogen-bond acceptors (Lipinski definition) is 4. The Bertz CT molecular complexity index is 1010. The monoisotopic (exact) mass is 389 g/mol. The van der Waals surface area contributed by atoms with Gasteiger partial charge in [0.1, 0.15) is 5.56 Å². The number of carbonyl (C=O) groups is 1. The van der Waals surface area contributed by atoms with Crippen molar-refractivity contribution in [3.63, 3.8) is 0 Å². The minimum Gasteiger partial charge on any atom is -0.367 e. The van der Waals surface area contributed by atoms with Crippen LogP contribution in [-0.4, -0.2) is 17.6 Å². The number of amides is 1. The number of anilines is 1. The molecule has 0 aliphatic carbocycles. The summed E-state index contributed by atoms with van der Waals surface area (Å²) in [5.74, 6) is 0.624. The van der Waals surface area contributed by atoms with Gasteiger partial charge in [0, 0.05) is 31.2 Å². The topological polar surface area (TPSA) is 58.4 Å². The minimum absolute atomic E-state index is 0.118. The average Bonchev–Trinajstić information content (AvgIpc) is 3.31. The van der Waals surface area contributed by atoms with Crippen LogP contribution in [0.15, 0.2) is 53.1 Å². The number of para-hydroxylation sites is 1. The highest BCUT2D eigenvalue weighted by molar-refractivity contribution is 5.96. The number of nitrogens with zero attached hydrogens (tertiary/aromatic N) is 2. The second-order valence-corrected chi connectivity index (χ2v) is 7.96. The van der Waals surface area contributed by atoms with Crippen molar-refractivity contribution in [2.24, 2.45) is 0 Å². The number of aromatic nitrogens is 1. The van der Waals surface area contributed by atoms with Crippen LogP contribution in [0.2, 0.25) is 0 Å². The van der Waals surface area contributed by atoms with Gasteiger partial charge in [0.2, 0.25) is 0 Å². The summed E-state index contributed by atoms with van der Waals surface area (Å²) in [6.07, 6.45) is 1.11. The normalized spacial score (nSPS) is 13.0. The quantitative estimate of drug-likeness (QED) is 0.669. The fraction of sp³-hybridized carbons (Fsp3) is 0.333. The number of aryl methyl sites for hydroxylation is 1. The zero-order chi connectivity index (χ0) is 20.4. The maximum absolute atomic E-state index is 12.6. The summed E-state index contributed by atoms with van der Waals surface area (Å²) in [6.45, 7) is 8.24. The third-order valence-corrected chi connectivity index (χ3v) is 5.47. The van der Waals surface area contributed by atoms with Gasteiger partial charge in [0.25, 0.3) is 5.91 Å². The SMILES string of the molecule is Cc1noc(C(C)C)c1C(=O)NCc1ccc(CN2CCc3ccccc32)cc1. The van der Waals surface area contributed by atoms with Crippen molar-refractivity contribution >= 4 is 11.6 Å². The van der Waals surface area contributed by atoms with E-state index < -0.39 is 0 Å². The summed E-state index contributed by atoms with van der Waals surface area (Å²) in [5.41, 5.74) is 6.31. The maximum Gasteiger partial charge on any atom is 0.257 e. The molecule has 2 aromatic carbocycles. The minimum atomic E-state index is -0.134. The smallest absolute Gasteiger partial charge is 0.257 e. The lowest BCUT2D eigenvalue weighted by atomic mass is 10.0. The van der Waals surface area contributed by atoms with E-state index in [-0.39, 0.29) is 11.8 Å². The third-order valence-electron chi connectivity index (χ3n) is 5.47. The van der Waals surface area contributed by atoms with Crippen LogP contribution in [0, 0.1) is 6.92 Å². The highest BCUT2D eigenvalue weighted by atomic mass is 16.5. The molecule has 0 spiro atoms. The van der Waals surface area contributed by atoms with Gasteiger partial charge < -0.3 is 14.7 Å². The van der Waals surface area contributed by atoms with E-state index >= 15 is 0 Å². The van der Waals surface area contributed by atoms with Crippen molar-refractivity contribution in [3.05, 3.63) is 82.2 Å². The molecule has 0 saturated carbocycles. The van der Waals surface area contributed by atoms with Crippen molar-refractivity contribution in [3.8, 4) is 0 Å². The lowest BCUT2D eigenvalue weighted by Crippen LogP contribution is -2.24. The van der Waals surface area contributed by atoms with Crippen LogP contribution >= 0.6 is 0 Å². The molecular formula is C24H27N3O2. The largest absolute Gasteiger partial charge is 0.367 e. The van der Waals surface area contributed by atoms with E-state index in [0.29, 0.717) is 23.6 Å². The summed E-state index contributed by atoms with van der Waals surface area (Å²) in [4.78, 5) is 15.0. The Hall–Kier alpha value is -3.08. The van der Waals surface area contributed by atoms with Gasteiger partial charge in [0.05, 0.1) is 5.69 Å². The first-order valence-corrected chi connectivity index (χ1v) is 10.2. The average molecular weight is 389 g/mol. The number of fused-ring (bicyclic) bond motifs is 1. The van der Waals surface area contributed by atoms with Gasteiger partial charge in [-0.1, -0.05) is 61.5 Å². The fourth-order valence-electron chi connectivity index (χ4n) is 3.88. The summed E-state index contributed by atoms with van der Waals surface area (Å²) >= 11 is 0. The zero-order valence-corrected chi connectivity index (χ0v) is 17.2. The van der Waals surface area contributed by atoms with E-state index in [1.54, 1.807) is 6.92 Å². The van der Waals surface area contributed by atoms with Gasteiger partial charge in [0.15, 0.2) is 5.76 Å². The molecule has 1 aromatic heterocycles. The van der Waals surface area contributed by atoms with E-state index in [1.165, 1.54) is 16.8 Å². The predicted octanol–water partition coefficient (Wildman–Crippen LogP) is 4.60. The van der Waals surface area contributed by atoms with E-state index in [0.717, 1.165) is 25.1 Å². The van der Waals surface area contributed by atoms with Gasteiger partial charge in [-0.15, -0.1) is 0 Å². The number of nitrogens with one attached hydrogen (secondary N) is 1. The van der Waals surface area contributed by atoms with Gasteiger partial charge >= 0.3 is 0 Å². The zero-order valence-electron chi connectivity index (χ0n) is 17.2. The van der Waals surface area contributed by atoms with Crippen LogP contribution in [0.1, 0.15) is 58.3 Å². The van der Waals surface area contributed by atoms with Crippen molar-refractivity contribution in [1.29, 1.82) is 0 Å². The number of rotatable bonds is 6. The van der Waals surface area contributed by atoms with Crippen molar-refractivity contribution < 1.29 is 9.32 Å². The van der Waals surface area contributed by atoms with Crippen molar-refractivity contribution in [1.82, 2.24) is 10.5 Å². The summed E-state index contributed by atoms with van der Waals surface area (Å²) < 4.78 is 5.32. The van der Waals surface area contributed by atoms with Gasteiger partial charge in [-0.2, -0.15) is 0 Å². The van der Waals surface area contributed by atoms with E-state index in [9.17, 15) is 4.79 Å². The molecule has 1 aliphatic heterocycles. The molecule has 5 heteroatoms. The van der Waals surface area contributed by atoms with Gasteiger partial charge in [-0.05, 0) is 36.1 Å². The van der Waals surface area contributed by atoms with Crippen LogP contribution in [-0.2, 0) is 19.5 Å². The Balaban J connectivity index is 1.37. The second-order valence-electron chi connectivity index (χ2n) is 7.96. The molecule has 5 nitrogen and oxygen atoms in total. The number of benzene rings is 2. The third kappa shape index (κ3) is 4.04. The van der Waals surface area contributed by atoms with Gasteiger partial charge in [-0.25, -0.2) is 0 Å². The van der Waals surface area contributed by atoms with E-state index in [2.05, 4.69) is 63.9 Å². The van der Waals surface area contributed by atoms with Crippen molar-refractivity contribution in [2.75, 3.05) is 11.4 Å². The molecule has 1 N–H and O–H groups in total. The predicted molar refractivity (Wildman–Crippen MR) is 114 cm³/mol. The summed E-state index contributed by atoms with van der Waals surface area (Å²) in [6, 6.07) is 17.1. The summed E-state index contributed by atoms with van der Waals surface area (Å²) in [7, 11) is 0. The first-order valence-electron chi connectivity index (χ1n) is 10.2. The molecule has 1 amide bonds. The lowest BCUT2D eigenvalue weighted by Gasteiger charge is -2.19. The molecule has 0 unspecified atom stereocenters. The van der Waals surface area contributed by atoms with Crippen LogP contribution < -0.4 is 10.2 Å². The molecule has 2 heterocycles. The molecule has 0 atom stereocenters. The Labute approximate surface area is 171 Å². The van der Waals surface area contributed by atoms with Crippen LogP contribution in [0.4, 0.5) is 5.69 Å². The molecular weight excluding hydrogens is 362 g/mol. The fourth-order valence-corrected chi connectivity index (χ4v) is 3.88. The molecule has 0 bridgehead atoms. The second kappa shape index (κ2) is 8.11. The number of hydrogen-bond donors (Lipinski definition) is 1. The highest BCUT2D eigenvalue weighted by Gasteiger charge is 2.22. The molecule has 0 radical (unpaired) electrons. The Morgan fingerprint density at radius 1 is 1.14 bits per heavy atom. The molecule has 0 saturated heterocycles. The van der Waals surface area contributed by atoms with Crippen LogP contribution in [0.3, 0.4) is 0 Å². The Morgan fingerprint density at radius 2 is 1.86 bits per heavy atom. The standard InChI is InChI=1S/C24H27N3O2/c1-16(2)23-22(17(3)26-29-23)24(28)25-14-18-8-10-19(11-9-18)15-27-13-12-20-6-4-5-7-21(20)27/h4-11,16H,12-15H2,1-3H3,(H,25,28). The Morgan fingerprint density at radius 3 is 2.62 bits per heavy atom. The first kappa shape index (κ1) is 19.2. The highest BCUT2D eigenvalue weighted by Crippen LogP contribution is 2.28. The maximum atomic E-state index is 12.6. The van der Waals surface area contributed by atoms with Crippen LogP contribution in [0.5, 0.6) is 0 Å². The van der Waals surface area contributed by atoms with Gasteiger partial charge in [-0.3, -0.25) is 4.79 Å². The Kier molecular flexibility index (Phi) is 5.38. The van der Waals surface area contributed by atoms with E-state index in [4.69, 9.17) is 4.52 Å². The molecule has 29 heavy (non-hydrogen) atoms. The first-order chi connectivity index (χ1) is 14.0. The van der Waals surface area contributed by atoms with Crippen molar-refractivity contribution in [2.45, 2.75) is 46.2 Å². The van der Waals surface area contributed by atoms with Crippen LogP contribution in [0.25, 0.3) is 0 Å². The molecule has 3 aromatic rings. The molecule has 0 fully saturated rings. The number of carbonyl (C=O) groups excluding carboxylic acids is 1. The summed E-state index contributed by atoms with van der Waals surface area (Å²) in [5, 5.41) is 6.94. The molecule has 1 aliphatic rings.